The van der Waals surface area contributed by atoms with Crippen LogP contribution in [0.2, 0.25) is 0 Å². The van der Waals surface area contributed by atoms with Gasteiger partial charge in [-0.25, -0.2) is 5.11 Å². The highest BCUT2D eigenvalue weighted by Gasteiger charge is 2.26. The topological polar surface area (TPSA) is 57.2 Å². The second kappa shape index (κ2) is 2.13. The zero-order valence-electron chi connectivity index (χ0n) is 4.97. The first-order valence-corrected chi connectivity index (χ1v) is 2.32. The Morgan fingerprint density at radius 2 is 2.00 bits per heavy atom. The van der Waals surface area contributed by atoms with Crippen molar-refractivity contribution in [2.45, 2.75) is 13.8 Å². The van der Waals surface area contributed by atoms with Crippen molar-refractivity contribution in [3.63, 3.8) is 0 Å². The molecule has 1 N–H and O–H groups in total. The highest BCUT2D eigenvalue weighted by molar-refractivity contribution is 5.73. The average Bonchev–Trinajstić information content (AvgIpc) is 1.67. The molecule has 1 radical (unpaired) electrons. The van der Waals surface area contributed by atoms with E-state index < -0.39 is 18.0 Å². The summed E-state index contributed by atoms with van der Waals surface area (Å²) in [7, 11) is 0. The molecule has 0 aliphatic heterocycles. The minimum atomic E-state index is -1.10. The summed E-state index contributed by atoms with van der Waals surface area (Å²) in [6.07, 6.45) is 0. The molecule has 0 saturated heterocycles. The van der Waals surface area contributed by atoms with Crippen LogP contribution in [0.5, 0.6) is 0 Å². The first-order valence-electron chi connectivity index (χ1n) is 2.32. The molecule has 0 aromatic heterocycles. The van der Waals surface area contributed by atoms with E-state index in [4.69, 9.17) is 5.11 Å². The monoisotopic (exact) mass is 117 g/mol. The Morgan fingerprint density at radius 1 is 1.62 bits per heavy atom. The third kappa shape index (κ3) is 1.50. The van der Waals surface area contributed by atoms with E-state index in [2.05, 4.69) is 0 Å². The fraction of sp³-hybridized carbons (Fsp3) is 0.800. The minimum absolute atomic E-state index is 0.567. The molecule has 3 nitrogen and oxygen atoms in total. The summed E-state index contributed by atoms with van der Waals surface area (Å²) in [5.41, 5.74) is -1.10. The first-order chi connectivity index (χ1) is 3.50. The molecule has 0 saturated carbocycles. The number of carboxylic acid groups (broad SMARTS) is 1. The maximum absolute atomic E-state index is 10.1. The van der Waals surface area contributed by atoms with Crippen molar-refractivity contribution in [2.24, 2.45) is 5.41 Å². The molecule has 0 aromatic carbocycles. The van der Waals surface area contributed by atoms with Crippen molar-refractivity contribution in [1.82, 2.24) is 0 Å². The highest BCUT2D eigenvalue weighted by atomic mass is 16.4. The second-order valence-corrected chi connectivity index (χ2v) is 2.33. The van der Waals surface area contributed by atoms with Gasteiger partial charge in [0.15, 0.2) is 0 Å². The van der Waals surface area contributed by atoms with Gasteiger partial charge in [-0.2, -0.15) is 0 Å². The zero-order valence-corrected chi connectivity index (χ0v) is 4.97. The SMILES string of the molecule is CC(C)(C[O])C(=O)O. The summed E-state index contributed by atoms with van der Waals surface area (Å²) in [6, 6.07) is 0. The van der Waals surface area contributed by atoms with Crippen LogP contribution in [0.3, 0.4) is 0 Å². The Hall–Kier alpha value is -0.570. The molecule has 47 valence electrons. The summed E-state index contributed by atoms with van der Waals surface area (Å²) >= 11 is 0. The Balaban J connectivity index is 3.91. The maximum atomic E-state index is 10.1. The first kappa shape index (κ1) is 7.43. The van der Waals surface area contributed by atoms with Gasteiger partial charge in [0.05, 0.1) is 12.0 Å². The summed E-state index contributed by atoms with van der Waals surface area (Å²) in [5.74, 6) is -1.03. The van der Waals surface area contributed by atoms with Gasteiger partial charge in [0, 0.05) is 0 Å². The van der Waals surface area contributed by atoms with Crippen molar-refractivity contribution in [1.29, 1.82) is 0 Å². The smallest absolute Gasteiger partial charge is 0.311 e. The molecule has 8 heavy (non-hydrogen) atoms. The van der Waals surface area contributed by atoms with Gasteiger partial charge in [0.1, 0.15) is 0 Å². The lowest BCUT2D eigenvalue weighted by Gasteiger charge is -2.12. The fourth-order valence-electron chi connectivity index (χ4n) is 0.0617. The Bertz CT molecular complexity index is 95.8. The second-order valence-electron chi connectivity index (χ2n) is 2.33. The lowest BCUT2D eigenvalue weighted by molar-refractivity contribution is -0.150. The molecule has 0 aromatic rings. The Morgan fingerprint density at radius 3 is 2.00 bits per heavy atom. The highest BCUT2D eigenvalue weighted by Crippen LogP contribution is 2.12. The number of hydrogen-bond acceptors (Lipinski definition) is 1. The molecule has 0 amide bonds. The van der Waals surface area contributed by atoms with E-state index in [1.165, 1.54) is 13.8 Å². The van der Waals surface area contributed by atoms with E-state index in [1.807, 2.05) is 0 Å². The Labute approximate surface area is 47.9 Å². The number of rotatable bonds is 2. The van der Waals surface area contributed by atoms with Crippen molar-refractivity contribution in [3.8, 4) is 0 Å². The van der Waals surface area contributed by atoms with Crippen LogP contribution in [0.1, 0.15) is 13.8 Å². The molecule has 0 heterocycles. The largest absolute Gasteiger partial charge is 0.481 e. The lowest BCUT2D eigenvalue weighted by Crippen LogP contribution is -2.26. The third-order valence-corrected chi connectivity index (χ3v) is 0.940. The van der Waals surface area contributed by atoms with Gasteiger partial charge in [-0.3, -0.25) is 4.79 Å². The van der Waals surface area contributed by atoms with Crippen molar-refractivity contribution >= 4 is 5.97 Å². The van der Waals surface area contributed by atoms with Gasteiger partial charge in [0.2, 0.25) is 0 Å². The van der Waals surface area contributed by atoms with E-state index in [1.54, 1.807) is 0 Å². The lowest BCUT2D eigenvalue weighted by atomic mass is 9.96. The quantitative estimate of drug-likeness (QED) is 0.573. The molecule has 0 atom stereocenters. The van der Waals surface area contributed by atoms with Crippen molar-refractivity contribution in [2.75, 3.05) is 6.61 Å². The van der Waals surface area contributed by atoms with Crippen LogP contribution < -0.4 is 0 Å². The van der Waals surface area contributed by atoms with E-state index in [0.29, 0.717) is 0 Å². The Kier molecular flexibility index (Phi) is 1.98. The molecule has 0 bridgehead atoms. The van der Waals surface area contributed by atoms with Gasteiger partial charge in [-0.05, 0) is 13.8 Å². The minimum Gasteiger partial charge on any atom is -0.481 e. The molecule has 3 heteroatoms. The van der Waals surface area contributed by atoms with Crippen LogP contribution in [-0.4, -0.2) is 17.7 Å². The van der Waals surface area contributed by atoms with Crippen molar-refractivity contribution in [3.05, 3.63) is 0 Å². The molecular formula is C5H9O3. The molecular weight excluding hydrogens is 108 g/mol. The summed E-state index contributed by atoms with van der Waals surface area (Å²) < 4.78 is 0. The summed E-state index contributed by atoms with van der Waals surface area (Å²) in [5, 5.41) is 18.3. The van der Waals surface area contributed by atoms with E-state index in [0.717, 1.165) is 0 Å². The summed E-state index contributed by atoms with van der Waals surface area (Å²) in [4.78, 5) is 10.1. The van der Waals surface area contributed by atoms with Crippen molar-refractivity contribution < 1.29 is 15.0 Å². The van der Waals surface area contributed by atoms with Crippen LogP contribution in [0.4, 0.5) is 0 Å². The predicted molar refractivity (Wildman–Crippen MR) is 27.0 cm³/mol. The fourth-order valence-corrected chi connectivity index (χ4v) is 0.0617. The predicted octanol–water partition coefficient (Wildman–Crippen LogP) is 0.528. The zero-order chi connectivity index (χ0) is 6.78. The van der Waals surface area contributed by atoms with Crippen LogP contribution >= 0.6 is 0 Å². The van der Waals surface area contributed by atoms with E-state index in [-0.39, 0.29) is 0 Å². The average molecular weight is 117 g/mol. The molecule has 0 unspecified atom stereocenters. The van der Waals surface area contributed by atoms with E-state index >= 15 is 0 Å². The van der Waals surface area contributed by atoms with Crippen LogP contribution in [-0.2, 0) is 9.90 Å². The molecule has 0 aliphatic carbocycles. The number of carboxylic acids is 1. The van der Waals surface area contributed by atoms with Gasteiger partial charge >= 0.3 is 5.97 Å². The number of hydrogen-bond donors (Lipinski definition) is 1. The van der Waals surface area contributed by atoms with Gasteiger partial charge in [0.25, 0.3) is 0 Å². The maximum Gasteiger partial charge on any atom is 0.311 e. The molecule has 0 fully saturated rings. The van der Waals surface area contributed by atoms with Crippen LogP contribution in [0.25, 0.3) is 0 Å². The molecule has 0 rings (SSSR count). The van der Waals surface area contributed by atoms with Crippen LogP contribution in [0.15, 0.2) is 0 Å². The molecule has 0 aliphatic rings. The van der Waals surface area contributed by atoms with Crippen LogP contribution in [0, 0.1) is 5.41 Å². The van der Waals surface area contributed by atoms with Gasteiger partial charge < -0.3 is 5.11 Å². The molecule has 0 spiro atoms. The normalized spacial score (nSPS) is 11.4. The standard InChI is InChI=1S/C5H9O3/c1-5(2,3-6)4(7)8/h3H2,1-2H3,(H,7,8). The summed E-state index contributed by atoms with van der Waals surface area (Å²) in [6.45, 7) is 2.24. The van der Waals surface area contributed by atoms with E-state index in [9.17, 15) is 9.90 Å². The third-order valence-electron chi connectivity index (χ3n) is 0.940. The van der Waals surface area contributed by atoms with Gasteiger partial charge in [-0.1, -0.05) is 0 Å². The van der Waals surface area contributed by atoms with Gasteiger partial charge in [-0.15, -0.1) is 0 Å². The number of carbonyl (C=O) groups is 1. The number of aliphatic carboxylic acids is 1.